The number of nitrogens with two attached hydrogens (primary N) is 1. The van der Waals surface area contributed by atoms with Gasteiger partial charge in [-0.05, 0) is 6.07 Å². The Morgan fingerprint density at radius 1 is 1.55 bits per heavy atom. The van der Waals surface area contributed by atoms with Gasteiger partial charge in [-0.2, -0.15) is 4.98 Å². The Balaban J connectivity index is 2.67. The van der Waals surface area contributed by atoms with E-state index in [1.807, 2.05) is 0 Å². The minimum absolute atomic E-state index is 0.528. The number of hydrogen-bond acceptors (Lipinski definition) is 5. The Kier molecular flexibility index (Phi) is 1.19. The summed E-state index contributed by atoms with van der Waals surface area (Å²) in [5, 5.41) is 7.39. The standard InChI is InChI=1S/C5H6N6/c6-9-4-1-2-11-3-7-10-5(11)8-4/h1-3H,6H2,(H,8,9,10). The van der Waals surface area contributed by atoms with Crippen LogP contribution in [0.25, 0.3) is 5.78 Å². The smallest absolute Gasteiger partial charge is 0.256 e. The predicted molar refractivity (Wildman–Crippen MR) is 38.6 cm³/mol. The summed E-state index contributed by atoms with van der Waals surface area (Å²) in [6.07, 6.45) is 3.35. The van der Waals surface area contributed by atoms with Crippen LogP contribution in [-0.2, 0) is 0 Å². The molecular formula is C5H6N6. The molecule has 6 nitrogen and oxygen atoms in total. The van der Waals surface area contributed by atoms with E-state index in [9.17, 15) is 0 Å². The number of nitrogens with one attached hydrogen (secondary N) is 1. The maximum absolute atomic E-state index is 5.14. The van der Waals surface area contributed by atoms with Crippen molar-refractivity contribution in [2.75, 3.05) is 5.43 Å². The number of hydrazine groups is 1. The lowest BCUT2D eigenvalue weighted by molar-refractivity contribution is 1.09. The highest BCUT2D eigenvalue weighted by Gasteiger charge is 1.95. The quantitative estimate of drug-likeness (QED) is 0.419. The number of rotatable bonds is 1. The summed E-state index contributed by atoms with van der Waals surface area (Å²) in [4.78, 5) is 4.01. The van der Waals surface area contributed by atoms with Gasteiger partial charge in [0.15, 0.2) is 0 Å². The van der Waals surface area contributed by atoms with E-state index in [-0.39, 0.29) is 0 Å². The fourth-order valence-electron chi connectivity index (χ4n) is 0.798. The van der Waals surface area contributed by atoms with Crippen LogP contribution in [0.2, 0.25) is 0 Å². The van der Waals surface area contributed by atoms with Crippen LogP contribution in [0.5, 0.6) is 0 Å². The molecule has 0 radical (unpaired) electrons. The van der Waals surface area contributed by atoms with E-state index in [2.05, 4.69) is 20.6 Å². The first-order valence-electron chi connectivity index (χ1n) is 3.03. The van der Waals surface area contributed by atoms with Crippen molar-refractivity contribution >= 4 is 11.6 Å². The van der Waals surface area contributed by atoms with E-state index in [4.69, 9.17) is 5.84 Å². The fraction of sp³-hybridized carbons (Fsp3) is 0. The van der Waals surface area contributed by atoms with Gasteiger partial charge in [0.25, 0.3) is 5.78 Å². The second kappa shape index (κ2) is 2.17. The number of nitrogen functional groups attached to an aromatic ring is 1. The van der Waals surface area contributed by atoms with Crippen molar-refractivity contribution in [3.63, 3.8) is 0 Å². The minimum atomic E-state index is 0.528. The largest absolute Gasteiger partial charge is 0.308 e. The lowest BCUT2D eigenvalue weighted by Gasteiger charge is -1.96. The highest BCUT2D eigenvalue weighted by Crippen LogP contribution is 2.00. The molecule has 11 heavy (non-hydrogen) atoms. The van der Waals surface area contributed by atoms with Gasteiger partial charge < -0.3 is 5.43 Å². The summed E-state index contributed by atoms with van der Waals surface area (Å²) in [6.45, 7) is 0. The summed E-state index contributed by atoms with van der Waals surface area (Å²) in [7, 11) is 0. The molecule has 3 N–H and O–H groups in total. The third kappa shape index (κ3) is 0.887. The molecule has 0 bridgehead atoms. The van der Waals surface area contributed by atoms with Crippen LogP contribution in [0, 0.1) is 0 Å². The summed E-state index contributed by atoms with van der Waals surface area (Å²) < 4.78 is 1.70. The van der Waals surface area contributed by atoms with Crippen molar-refractivity contribution < 1.29 is 0 Å². The van der Waals surface area contributed by atoms with Crippen LogP contribution < -0.4 is 11.3 Å². The van der Waals surface area contributed by atoms with Crippen LogP contribution >= 0.6 is 0 Å². The van der Waals surface area contributed by atoms with Crippen molar-refractivity contribution in [1.29, 1.82) is 0 Å². The molecule has 0 aliphatic rings. The van der Waals surface area contributed by atoms with Crippen molar-refractivity contribution in [2.45, 2.75) is 0 Å². The van der Waals surface area contributed by atoms with E-state index < -0.39 is 0 Å². The zero-order valence-corrected chi connectivity index (χ0v) is 5.60. The molecule has 0 saturated heterocycles. The van der Waals surface area contributed by atoms with Gasteiger partial charge >= 0.3 is 0 Å². The molecule has 2 aromatic rings. The summed E-state index contributed by atoms with van der Waals surface area (Å²) in [5.74, 6) is 6.24. The Hall–Kier alpha value is -1.69. The van der Waals surface area contributed by atoms with Gasteiger partial charge in [-0.25, -0.2) is 5.84 Å². The molecule has 0 atom stereocenters. The Morgan fingerprint density at radius 2 is 2.45 bits per heavy atom. The average molecular weight is 150 g/mol. The third-order valence-corrected chi connectivity index (χ3v) is 1.32. The molecule has 0 saturated carbocycles. The fourth-order valence-corrected chi connectivity index (χ4v) is 0.798. The normalized spacial score (nSPS) is 10.3. The first-order chi connectivity index (χ1) is 5.40. The van der Waals surface area contributed by atoms with Gasteiger partial charge in [0.2, 0.25) is 0 Å². The zero-order chi connectivity index (χ0) is 7.68. The Morgan fingerprint density at radius 3 is 3.27 bits per heavy atom. The topological polar surface area (TPSA) is 81.1 Å². The molecule has 2 aromatic heterocycles. The van der Waals surface area contributed by atoms with Crippen molar-refractivity contribution in [2.24, 2.45) is 5.84 Å². The van der Waals surface area contributed by atoms with Crippen LogP contribution in [0.3, 0.4) is 0 Å². The van der Waals surface area contributed by atoms with Gasteiger partial charge in [0.1, 0.15) is 12.1 Å². The molecular weight excluding hydrogens is 144 g/mol. The maximum Gasteiger partial charge on any atom is 0.256 e. The Labute approximate surface area is 62.0 Å². The van der Waals surface area contributed by atoms with Gasteiger partial charge in [-0.1, -0.05) is 0 Å². The summed E-state index contributed by atoms with van der Waals surface area (Å²) in [5.41, 5.74) is 2.42. The first kappa shape index (κ1) is 6.05. The lowest BCUT2D eigenvalue weighted by atomic mass is 10.6. The van der Waals surface area contributed by atoms with Crippen molar-refractivity contribution in [3.05, 3.63) is 18.6 Å². The van der Waals surface area contributed by atoms with E-state index in [1.54, 1.807) is 23.0 Å². The monoisotopic (exact) mass is 150 g/mol. The molecule has 0 aromatic carbocycles. The van der Waals surface area contributed by atoms with Gasteiger partial charge in [0, 0.05) is 6.20 Å². The molecule has 56 valence electrons. The Bertz CT molecular complexity index is 366. The molecule has 0 amide bonds. The minimum Gasteiger partial charge on any atom is -0.308 e. The molecule has 2 rings (SSSR count). The van der Waals surface area contributed by atoms with Crippen LogP contribution in [0.4, 0.5) is 5.82 Å². The summed E-state index contributed by atoms with van der Waals surface area (Å²) in [6, 6.07) is 1.73. The molecule has 6 heteroatoms. The van der Waals surface area contributed by atoms with Gasteiger partial charge in [0.05, 0.1) is 0 Å². The molecule has 0 spiro atoms. The second-order valence-corrected chi connectivity index (χ2v) is 2.00. The number of fused-ring (bicyclic) bond motifs is 1. The van der Waals surface area contributed by atoms with Gasteiger partial charge in [-0.3, -0.25) is 4.40 Å². The molecule has 2 heterocycles. The molecule has 0 fully saturated rings. The number of hydrogen-bond donors (Lipinski definition) is 2. The van der Waals surface area contributed by atoms with E-state index in [0.29, 0.717) is 11.6 Å². The van der Waals surface area contributed by atoms with E-state index in [1.165, 1.54) is 0 Å². The van der Waals surface area contributed by atoms with Crippen molar-refractivity contribution in [1.82, 2.24) is 19.6 Å². The second-order valence-electron chi connectivity index (χ2n) is 2.00. The number of aromatic nitrogens is 4. The van der Waals surface area contributed by atoms with Crippen LogP contribution in [-0.4, -0.2) is 19.6 Å². The van der Waals surface area contributed by atoms with Crippen LogP contribution in [0.1, 0.15) is 0 Å². The van der Waals surface area contributed by atoms with Crippen molar-refractivity contribution in [3.8, 4) is 0 Å². The number of anilines is 1. The lowest BCUT2D eigenvalue weighted by Crippen LogP contribution is -2.08. The SMILES string of the molecule is NNc1ccn2cnnc2n1. The molecule has 0 aliphatic carbocycles. The zero-order valence-electron chi connectivity index (χ0n) is 5.60. The van der Waals surface area contributed by atoms with Crippen LogP contribution in [0.15, 0.2) is 18.6 Å². The number of nitrogens with zero attached hydrogens (tertiary/aromatic N) is 4. The average Bonchev–Trinajstić information content (AvgIpc) is 2.50. The molecule has 0 unspecified atom stereocenters. The van der Waals surface area contributed by atoms with Gasteiger partial charge in [-0.15, -0.1) is 10.2 Å². The van der Waals surface area contributed by atoms with E-state index in [0.717, 1.165) is 0 Å². The highest BCUT2D eigenvalue weighted by molar-refractivity contribution is 5.39. The first-order valence-corrected chi connectivity index (χ1v) is 3.03. The third-order valence-electron chi connectivity index (χ3n) is 1.32. The maximum atomic E-state index is 5.14. The van der Waals surface area contributed by atoms with E-state index >= 15 is 0 Å². The molecule has 0 aliphatic heterocycles. The highest BCUT2D eigenvalue weighted by atomic mass is 15.3. The predicted octanol–water partition coefficient (Wildman–Crippen LogP) is -0.590. The summed E-state index contributed by atoms with van der Waals surface area (Å²) >= 11 is 0.